The molecule has 1 fully saturated rings. The number of benzene rings is 1. The Kier molecular flexibility index (Phi) is 5.91. The molecule has 1 atom stereocenters. The summed E-state index contributed by atoms with van der Waals surface area (Å²) in [5, 5.41) is 0.962. The van der Waals surface area contributed by atoms with Gasteiger partial charge < -0.3 is 9.80 Å². The SMILES string of the molecule is CCC[C@@H](CN1CCC1)N(C)C(=O)c1ccc(Cl)cc1Cl. The molecule has 1 aliphatic heterocycles. The lowest BCUT2D eigenvalue weighted by molar-refractivity contribution is 0.0627. The van der Waals surface area contributed by atoms with Crippen molar-refractivity contribution >= 4 is 29.1 Å². The quantitative estimate of drug-likeness (QED) is 0.789. The minimum Gasteiger partial charge on any atom is -0.337 e. The van der Waals surface area contributed by atoms with Crippen molar-refractivity contribution in [1.82, 2.24) is 9.80 Å². The van der Waals surface area contributed by atoms with Crippen LogP contribution < -0.4 is 0 Å². The monoisotopic (exact) mass is 328 g/mol. The van der Waals surface area contributed by atoms with Gasteiger partial charge in [-0.05, 0) is 44.1 Å². The maximum absolute atomic E-state index is 12.7. The van der Waals surface area contributed by atoms with E-state index < -0.39 is 0 Å². The van der Waals surface area contributed by atoms with E-state index in [1.807, 2.05) is 11.9 Å². The second-order valence-electron chi connectivity index (χ2n) is 5.64. The largest absolute Gasteiger partial charge is 0.337 e. The average molecular weight is 329 g/mol. The summed E-state index contributed by atoms with van der Waals surface area (Å²) in [5.41, 5.74) is 0.522. The van der Waals surface area contributed by atoms with Crippen LogP contribution in [0.25, 0.3) is 0 Å². The van der Waals surface area contributed by atoms with Crippen LogP contribution in [0.15, 0.2) is 18.2 Å². The third-order valence-corrected chi connectivity index (χ3v) is 4.62. The molecule has 116 valence electrons. The number of likely N-dealkylation sites (N-methyl/N-ethyl adjacent to an activating group) is 1. The Balaban J connectivity index is 2.10. The Bertz CT molecular complexity index is 503. The number of hydrogen-bond acceptors (Lipinski definition) is 2. The number of carbonyl (C=O) groups excluding carboxylic acids is 1. The predicted molar refractivity (Wildman–Crippen MR) is 88.3 cm³/mol. The lowest BCUT2D eigenvalue weighted by atomic mass is 10.1. The van der Waals surface area contributed by atoms with E-state index in [9.17, 15) is 4.79 Å². The van der Waals surface area contributed by atoms with Gasteiger partial charge in [0.25, 0.3) is 5.91 Å². The fourth-order valence-corrected chi connectivity index (χ4v) is 3.11. The zero-order valence-electron chi connectivity index (χ0n) is 12.6. The van der Waals surface area contributed by atoms with Gasteiger partial charge in [-0.25, -0.2) is 0 Å². The number of amides is 1. The van der Waals surface area contributed by atoms with Gasteiger partial charge in [0, 0.05) is 24.7 Å². The number of likely N-dealkylation sites (tertiary alicyclic amines) is 1. The van der Waals surface area contributed by atoms with Crippen molar-refractivity contribution in [2.45, 2.75) is 32.2 Å². The van der Waals surface area contributed by atoms with Crippen molar-refractivity contribution in [3.63, 3.8) is 0 Å². The first-order valence-corrected chi connectivity index (χ1v) is 8.23. The summed E-state index contributed by atoms with van der Waals surface area (Å²) in [5.74, 6) is -0.0318. The standard InChI is InChI=1S/C16H22Cl2N2O/c1-3-5-13(11-20-8-4-9-20)19(2)16(21)14-7-6-12(17)10-15(14)18/h6-7,10,13H,3-5,8-9,11H2,1-2H3/t13-/m0/s1. The second-order valence-corrected chi connectivity index (χ2v) is 6.48. The molecule has 1 aliphatic rings. The van der Waals surface area contributed by atoms with E-state index in [1.165, 1.54) is 6.42 Å². The molecule has 3 nitrogen and oxygen atoms in total. The maximum atomic E-state index is 12.7. The van der Waals surface area contributed by atoms with E-state index in [1.54, 1.807) is 18.2 Å². The molecule has 0 aromatic heterocycles. The summed E-state index contributed by atoms with van der Waals surface area (Å²) in [4.78, 5) is 16.9. The zero-order valence-corrected chi connectivity index (χ0v) is 14.1. The molecule has 0 spiro atoms. The third kappa shape index (κ3) is 4.12. The van der Waals surface area contributed by atoms with Crippen LogP contribution in [-0.4, -0.2) is 48.4 Å². The van der Waals surface area contributed by atoms with Gasteiger partial charge in [0.05, 0.1) is 10.6 Å². The zero-order chi connectivity index (χ0) is 15.4. The Morgan fingerprint density at radius 3 is 2.62 bits per heavy atom. The molecule has 0 radical (unpaired) electrons. The van der Waals surface area contributed by atoms with Crippen LogP contribution in [0.2, 0.25) is 10.0 Å². The third-order valence-electron chi connectivity index (χ3n) is 4.07. The van der Waals surface area contributed by atoms with Crippen LogP contribution in [0.3, 0.4) is 0 Å². The fraction of sp³-hybridized carbons (Fsp3) is 0.562. The van der Waals surface area contributed by atoms with E-state index in [0.717, 1.165) is 32.5 Å². The van der Waals surface area contributed by atoms with Gasteiger partial charge in [0.2, 0.25) is 0 Å². The van der Waals surface area contributed by atoms with Crippen molar-refractivity contribution in [3.05, 3.63) is 33.8 Å². The molecule has 1 aromatic rings. The number of nitrogens with zero attached hydrogens (tertiary/aromatic N) is 2. The Hall–Kier alpha value is -0.770. The Labute approximate surface area is 136 Å². The highest BCUT2D eigenvalue weighted by Crippen LogP contribution is 2.23. The normalized spacial score (nSPS) is 16.4. The topological polar surface area (TPSA) is 23.6 Å². The van der Waals surface area contributed by atoms with Gasteiger partial charge in [-0.15, -0.1) is 0 Å². The first-order valence-electron chi connectivity index (χ1n) is 7.47. The molecule has 0 aliphatic carbocycles. The van der Waals surface area contributed by atoms with E-state index in [0.29, 0.717) is 15.6 Å². The molecular weight excluding hydrogens is 307 g/mol. The van der Waals surface area contributed by atoms with Gasteiger partial charge in [0.15, 0.2) is 0 Å². The first-order chi connectivity index (χ1) is 10.0. The van der Waals surface area contributed by atoms with E-state index in [4.69, 9.17) is 23.2 Å². The molecule has 0 saturated carbocycles. The molecular formula is C16H22Cl2N2O. The van der Waals surface area contributed by atoms with Gasteiger partial charge >= 0.3 is 0 Å². The van der Waals surface area contributed by atoms with Crippen LogP contribution in [0, 0.1) is 0 Å². The summed E-state index contributed by atoms with van der Waals surface area (Å²) >= 11 is 12.0. The summed E-state index contributed by atoms with van der Waals surface area (Å²) in [6, 6.07) is 5.26. The molecule has 0 bridgehead atoms. The van der Waals surface area contributed by atoms with Crippen LogP contribution in [0.1, 0.15) is 36.5 Å². The van der Waals surface area contributed by atoms with Gasteiger partial charge in [-0.2, -0.15) is 0 Å². The highest BCUT2D eigenvalue weighted by Gasteiger charge is 2.26. The van der Waals surface area contributed by atoms with E-state index in [2.05, 4.69) is 11.8 Å². The van der Waals surface area contributed by atoms with Crippen LogP contribution in [-0.2, 0) is 0 Å². The summed E-state index contributed by atoms with van der Waals surface area (Å²) in [6.45, 7) is 5.38. The molecule has 1 heterocycles. The predicted octanol–water partition coefficient (Wildman–Crippen LogP) is 3.94. The lowest BCUT2D eigenvalue weighted by Gasteiger charge is -2.37. The summed E-state index contributed by atoms with van der Waals surface area (Å²) in [7, 11) is 1.87. The van der Waals surface area contributed by atoms with Gasteiger partial charge in [-0.3, -0.25) is 4.79 Å². The van der Waals surface area contributed by atoms with Crippen LogP contribution in [0.4, 0.5) is 0 Å². The van der Waals surface area contributed by atoms with Crippen molar-refractivity contribution in [2.75, 3.05) is 26.7 Å². The van der Waals surface area contributed by atoms with E-state index >= 15 is 0 Å². The minimum atomic E-state index is -0.0318. The molecule has 0 unspecified atom stereocenters. The number of rotatable bonds is 6. The molecule has 1 aromatic carbocycles. The Morgan fingerprint density at radius 1 is 1.38 bits per heavy atom. The van der Waals surface area contributed by atoms with Gasteiger partial charge in [0.1, 0.15) is 0 Å². The molecule has 2 rings (SSSR count). The summed E-state index contributed by atoms with van der Waals surface area (Å²) < 4.78 is 0. The van der Waals surface area contributed by atoms with E-state index in [-0.39, 0.29) is 11.9 Å². The Morgan fingerprint density at radius 2 is 2.10 bits per heavy atom. The van der Waals surface area contributed by atoms with Crippen molar-refractivity contribution in [3.8, 4) is 0 Å². The smallest absolute Gasteiger partial charge is 0.255 e. The second kappa shape index (κ2) is 7.48. The van der Waals surface area contributed by atoms with Crippen molar-refractivity contribution in [1.29, 1.82) is 0 Å². The summed E-state index contributed by atoms with van der Waals surface area (Å²) in [6.07, 6.45) is 3.33. The minimum absolute atomic E-state index is 0.0318. The fourth-order valence-electron chi connectivity index (χ4n) is 2.62. The molecule has 21 heavy (non-hydrogen) atoms. The van der Waals surface area contributed by atoms with Gasteiger partial charge in [-0.1, -0.05) is 36.5 Å². The lowest BCUT2D eigenvalue weighted by Crippen LogP contribution is -2.49. The highest BCUT2D eigenvalue weighted by atomic mass is 35.5. The highest BCUT2D eigenvalue weighted by molar-refractivity contribution is 6.36. The number of halogens is 2. The first kappa shape index (κ1) is 16.6. The number of carbonyl (C=O) groups is 1. The average Bonchev–Trinajstić information content (AvgIpc) is 2.40. The molecule has 1 amide bonds. The van der Waals surface area contributed by atoms with Crippen LogP contribution in [0.5, 0.6) is 0 Å². The maximum Gasteiger partial charge on any atom is 0.255 e. The molecule has 1 saturated heterocycles. The number of hydrogen-bond donors (Lipinski definition) is 0. The molecule has 0 N–H and O–H groups in total. The molecule has 5 heteroatoms. The van der Waals surface area contributed by atoms with Crippen molar-refractivity contribution in [2.24, 2.45) is 0 Å². The van der Waals surface area contributed by atoms with Crippen LogP contribution >= 0.6 is 23.2 Å². The van der Waals surface area contributed by atoms with Crippen molar-refractivity contribution < 1.29 is 4.79 Å².